The second-order valence-electron chi connectivity index (χ2n) is 5.27. The van der Waals surface area contributed by atoms with Crippen LogP contribution in [0.5, 0.6) is 0 Å². The number of aliphatic hydroxyl groups is 1. The van der Waals surface area contributed by atoms with Crippen LogP contribution in [0.15, 0.2) is 30.0 Å². The molecule has 4 nitrogen and oxygen atoms in total. The molecule has 1 aromatic carbocycles. The van der Waals surface area contributed by atoms with E-state index in [0.717, 1.165) is 12.0 Å². The summed E-state index contributed by atoms with van der Waals surface area (Å²) in [5.41, 5.74) is 2.39. The van der Waals surface area contributed by atoms with E-state index in [4.69, 9.17) is 10.8 Å². The van der Waals surface area contributed by atoms with E-state index in [0.29, 0.717) is 11.6 Å². The lowest BCUT2D eigenvalue weighted by Gasteiger charge is -2.12. The van der Waals surface area contributed by atoms with Crippen molar-refractivity contribution in [1.29, 1.82) is 10.8 Å². The van der Waals surface area contributed by atoms with Gasteiger partial charge in [-0.2, -0.15) is 0 Å². The Morgan fingerprint density at radius 2 is 1.75 bits per heavy atom. The Bertz CT molecular complexity index is 527. The molecule has 0 aliphatic heterocycles. The Balaban J connectivity index is 3.10. The molecule has 0 atom stereocenters. The maximum absolute atomic E-state index is 10.1. The van der Waals surface area contributed by atoms with Crippen LogP contribution in [0.4, 0.5) is 0 Å². The zero-order chi connectivity index (χ0) is 15.3. The molecular weight excluding hydrogens is 250 g/mol. The average molecular weight is 273 g/mol. The second-order valence-corrected chi connectivity index (χ2v) is 5.27. The number of hydrogen-bond donors (Lipinski definition) is 4. The van der Waals surface area contributed by atoms with Crippen LogP contribution in [0.1, 0.15) is 31.9 Å². The van der Waals surface area contributed by atoms with Crippen molar-refractivity contribution in [2.45, 2.75) is 27.2 Å². The lowest BCUT2D eigenvalue weighted by molar-refractivity contribution is 0.444. The lowest BCUT2D eigenvalue weighted by atomic mass is 10.00. The zero-order valence-electron chi connectivity index (χ0n) is 12.5. The molecule has 0 radical (unpaired) electrons. The molecule has 0 fully saturated rings. The van der Waals surface area contributed by atoms with Crippen LogP contribution in [0.2, 0.25) is 0 Å². The van der Waals surface area contributed by atoms with E-state index in [2.05, 4.69) is 19.2 Å². The van der Waals surface area contributed by atoms with Crippen LogP contribution in [0.25, 0.3) is 5.70 Å². The maximum atomic E-state index is 10.1. The van der Waals surface area contributed by atoms with Gasteiger partial charge in [0.15, 0.2) is 5.76 Å². The van der Waals surface area contributed by atoms with Gasteiger partial charge in [-0.05, 0) is 24.8 Å². The second kappa shape index (κ2) is 6.89. The van der Waals surface area contributed by atoms with Crippen LogP contribution in [0.3, 0.4) is 0 Å². The van der Waals surface area contributed by atoms with Gasteiger partial charge in [0.25, 0.3) is 0 Å². The van der Waals surface area contributed by atoms with Gasteiger partial charge in [0.2, 0.25) is 0 Å². The van der Waals surface area contributed by atoms with Gasteiger partial charge in [-0.25, -0.2) is 0 Å². The SMILES string of the molecule is CN/C(=C(/O)C(=N)C(C)=N)c1ccc(CC(C)C)cc1. The molecule has 0 spiro atoms. The third-order valence-corrected chi connectivity index (χ3v) is 2.99. The van der Waals surface area contributed by atoms with Crippen molar-refractivity contribution in [1.82, 2.24) is 5.32 Å². The minimum atomic E-state index is -0.198. The number of benzene rings is 1. The summed E-state index contributed by atoms with van der Waals surface area (Å²) in [6.45, 7) is 5.83. The number of rotatable bonds is 6. The third-order valence-electron chi connectivity index (χ3n) is 2.99. The summed E-state index contributed by atoms with van der Waals surface area (Å²) in [7, 11) is 1.69. The number of nitrogens with one attached hydrogen (secondary N) is 3. The van der Waals surface area contributed by atoms with E-state index in [9.17, 15) is 5.11 Å². The monoisotopic (exact) mass is 273 g/mol. The summed E-state index contributed by atoms with van der Waals surface area (Å²) < 4.78 is 0. The van der Waals surface area contributed by atoms with Crippen LogP contribution in [0, 0.1) is 16.7 Å². The Kier molecular flexibility index (Phi) is 5.50. The fourth-order valence-corrected chi connectivity index (χ4v) is 1.98. The molecule has 0 saturated carbocycles. The Labute approximate surface area is 120 Å². The van der Waals surface area contributed by atoms with E-state index >= 15 is 0 Å². The molecule has 4 heteroatoms. The van der Waals surface area contributed by atoms with Crippen molar-refractivity contribution in [3.63, 3.8) is 0 Å². The Morgan fingerprint density at radius 1 is 1.20 bits per heavy atom. The van der Waals surface area contributed by atoms with E-state index in [1.54, 1.807) is 7.05 Å². The van der Waals surface area contributed by atoms with Gasteiger partial charge in [0.1, 0.15) is 5.71 Å². The van der Waals surface area contributed by atoms with E-state index in [1.165, 1.54) is 12.5 Å². The van der Waals surface area contributed by atoms with Gasteiger partial charge < -0.3 is 15.8 Å². The van der Waals surface area contributed by atoms with Gasteiger partial charge in [-0.1, -0.05) is 38.1 Å². The largest absolute Gasteiger partial charge is 0.504 e. The van der Waals surface area contributed by atoms with E-state index in [-0.39, 0.29) is 17.2 Å². The van der Waals surface area contributed by atoms with Crippen LogP contribution >= 0.6 is 0 Å². The van der Waals surface area contributed by atoms with Crippen molar-refractivity contribution >= 4 is 17.1 Å². The van der Waals surface area contributed by atoms with Gasteiger partial charge in [0.05, 0.1) is 11.4 Å². The molecule has 0 unspecified atom stereocenters. The van der Waals surface area contributed by atoms with E-state index in [1.807, 2.05) is 24.3 Å². The molecule has 108 valence electrons. The van der Waals surface area contributed by atoms with Crippen molar-refractivity contribution in [2.75, 3.05) is 7.05 Å². The normalized spacial score (nSPS) is 12.1. The summed E-state index contributed by atoms with van der Waals surface area (Å²) in [4.78, 5) is 0. The molecule has 0 heterocycles. The molecule has 20 heavy (non-hydrogen) atoms. The van der Waals surface area contributed by atoms with Crippen molar-refractivity contribution < 1.29 is 5.11 Å². The fraction of sp³-hybridized carbons (Fsp3) is 0.375. The van der Waals surface area contributed by atoms with Crippen molar-refractivity contribution in [3.8, 4) is 0 Å². The molecule has 0 aliphatic rings. The molecule has 0 saturated heterocycles. The summed E-state index contributed by atoms with van der Waals surface area (Å²) in [6, 6.07) is 7.90. The molecule has 0 bridgehead atoms. The number of aliphatic hydroxyl groups excluding tert-OH is 1. The third kappa shape index (κ3) is 3.95. The maximum Gasteiger partial charge on any atom is 0.166 e. The predicted molar refractivity (Wildman–Crippen MR) is 84.7 cm³/mol. The van der Waals surface area contributed by atoms with Crippen LogP contribution in [-0.2, 0) is 6.42 Å². The highest BCUT2D eigenvalue weighted by Gasteiger charge is 2.13. The highest BCUT2D eigenvalue weighted by atomic mass is 16.3. The molecule has 0 aliphatic carbocycles. The molecule has 1 rings (SSSR count). The lowest BCUT2D eigenvalue weighted by Crippen LogP contribution is -2.17. The number of allylic oxidation sites excluding steroid dienone is 1. The summed E-state index contributed by atoms with van der Waals surface area (Å²) >= 11 is 0. The molecule has 0 amide bonds. The summed E-state index contributed by atoms with van der Waals surface area (Å²) in [5, 5.41) is 28.1. The highest BCUT2D eigenvalue weighted by Crippen LogP contribution is 2.18. The first kappa shape index (κ1) is 16.0. The first-order valence-electron chi connectivity index (χ1n) is 6.71. The van der Waals surface area contributed by atoms with Crippen molar-refractivity contribution in [2.24, 2.45) is 5.92 Å². The quantitative estimate of drug-likeness (QED) is 0.473. The number of hydrogen-bond acceptors (Lipinski definition) is 4. The smallest absolute Gasteiger partial charge is 0.166 e. The minimum absolute atomic E-state index is 0.0340. The van der Waals surface area contributed by atoms with Crippen LogP contribution < -0.4 is 5.32 Å². The molecule has 1 aromatic rings. The Hall–Kier alpha value is -2.10. The molecule has 0 aromatic heterocycles. The van der Waals surface area contributed by atoms with Gasteiger partial charge in [-0.15, -0.1) is 0 Å². The van der Waals surface area contributed by atoms with Crippen molar-refractivity contribution in [3.05, 3.63) is 41.2 Å². The summed E-state index contributed by atoms with van der Waals surface area (Å²) in [5.74, 6) is 0.402. The first-order chi connectivity index (χ1) is 9.36. The van der Waals surface area contributed by atoms with E-state index < -0.39 is 0 Å². The van der Waals surface area contributed by atoms with Crippen LogP contribution in [-0.4, -0.2) is 23.6 Å². The molecular formula is C16H23N3O. The first-order valence-corrected chi connectivity index (χ1v) is 6.71. The average Bonchev–Trinajstić information content (AvgIpc) is 2.39. The topological polar surface area (TPSA) is 80.0 Å². The Morgan fingerprint density at radius 3 is 2.15 bits per heavy atom. The minimum Gasteiger partial charge on any atom is -0.504 e. The summed E-state index contributed by atoms with van der Waals surface area (Å²) in [6.07, 6.45) is 1.01. The molecule has 4 N–H and O–H groups in total. The highest BCUT2D eigenvalue weighted by molar-refractivity contribution is 6.45. The van der Waals surface area contributed by atoms with Gasteiger partial charge in [-0.3, -0.25) is 5.41 Å². The van der Waals surface area contributed by atoms with Gasteiger partial charge in [0, 0.05) is 12.6 Å². The fourth-order valence-electron chi connectivity index (χ4n) is 1.98. The zero-order valence-corrected chi connectivity index (χ0v) is 12.5. The standard InChI is InChI=1S/C16H23N3O/c1-10(2)9-12-5-7-13(8-6-12)15(19-4)16(20)14(18)11(3)17/h5-8,10,17-20H,9H2,1-4H3/b16-15+,17-11?,18-14?. The van der Waals surface area contributed by atoms with Gasteiger partial charge >= 0.3 is 0 Å². The predicted octanol–water partition coefficient (Wildman–Crippen LogP) is 3.39.